The van der Waals surface area contributed by atoms with Crippen LogP contribution in [0, 0.1) is 18.3 Å². The van der Waals surface area contributed by atoms with Crippen molar-refractivity contribution in [3.8, 4) is 6.07 Å². The first kappa shape index (κ1) is 14.7. The van der Waals surface area contributed by atoms with Crippen LogP contribution >= 0.6 is 0 Å². The van der Waals surface area contributed by atoms with E-state index in [1.807, 2.05) is 26.8 Å². The molecule has 0 aliphatic carbocycles. The minimum absolute atomic E-state index is 0.195. The largest absolute Gasteiger partial charge is 0.241 e. The highest BCUT2D eigenvalue weighted by Gasteiger charge is 2.24. The average molecular weight is 266 g/mol. The summed E-state index contributed by atoms with van der Waals surface area (Å²) in [4.78, 5) is 0.195. The van der Waals surface area contributed by atoms with Crippen LogP contribution in [0.15, 0.2) is 23.1 Å². The molecule has 18 heavy (non-hydrogen) atoms. The summed E-state index contributed by atoms with van der Waals surface area (Å²) in [5, 5.41) is 8.82. The maximum Gasteiger partial charge on any atom is 0.241 e. The van der Waals surface area contributed by atoms with Crippen LogP contribution in [0.5, 0.6) is 0 Å². The fraction of sp³-hybridized carbons (Fsp3) is 0.462. The van der Waals surface area contributed by atoms with Gasteiger partial charge in [-0.05, 0) is 51.0 Å². The zero-order valence-corrected chi connectivity index (χ0v) is 11.9. The Labute approximate surface area is 109 Å². The smallest absolute Gasteiger partial charge is 0.207 e. The second kappa shape index (κ2) is 5.09. The lowest BCUT2D eigenvalue weighted by atomic mass is 10.0. The molecule has 98 valence electrons. The quantitative estimate of drug-likeness (QED) is 0.909. The molecule has 0 heterocycles. The van der Waals surface area contributed by atoms with Crippen LogP contribution in [0.1, 0.15) is 38.3 Å². The standard InChI is InChI=1S/C13H18N2O2S/c1-5-13(3,4)15-18(16,17)12-7-6-11(9-14)10(2)8-12/h6-8,15H,5H2,1-4H3. The Balaban J connectivity index is 3.15. The zero-order chi connectivity index (χ0) is 14.0. The van der Waals surface area contributed by atoms with E-state index in [0.29, 0.717) is 17.5 Å². The van der Waals surface area contributed by atoms with Gasteiger partial charge >= 0.3 is 0 Å². The van der Waals surface area contributed by atoms with Crippen LogP contribution in [0.2, 0.25) is 0 Å². The molecule has 0 aromatic heterocycles. The van der Waals surface area contributed by atoms with Crippen molar-refractivity contribution in [3.63, 3.8) is 0 Å². The molecule has 0 spiro atoms. The molecular weight excluding hydrogens is 248 g/mol. The number of rotatable bonds is 4. The summed E-state index contributed by atoms with van der Waals surface area (Å²) >= 11 is 0. The van der Waals surface area contributed by atoms with Gasteiger partial charge in [0.05, 0.1) is 16.5 Å². The molecule has 0 atom stereocenters. The molecule has 0 saturated carbocycles. The van der Waals surface area contributed by atoms with Crippen LogP contribution in [-0.4, -0.2) is 14.0 Å². The topological polar surface area (TPSA) is 70.0 Å². The zero-order valence-electron chi connectivity index (χ0n) is 11.1. The summed E-state index contributed by atoms with van der Waals surface area (Å²) in [6.07, 6.45) is 0.696. The SMILES string of the molecule is CCC(C)(C)NS(=O)(=O)c1ccc(C#N)c(C)c1. The number of nitriles is 1. The highest BCUT2D eigenvalue weighted by Crippen LogP contribution is 2.18. The third kappa shape index (κ3) is 3.31. The minimum Gasteiger partial charge on any atom is -0.207 e. The van der Waals surface area contributed by atoms with Crippen molar-refractivity contribution in [2.75, 3.05) is 0 Å². The van der Waals surface area contributed by atoms with E-state index < -0.39 is 15.6 Å². The lowest BCUT2D eigenvalue weighted by Gasteiger charge is -2.24. The highest BCUT2D eigenvalue weighted by molar-refractivity contribution is 7.89. The van der Waals surface area contributed by atoms with Crippen molar-refractivity contribution in [3.05, 3.63) is 29.3 Å². The molecule has 0 aliphatic rings. The first-order valence-electron chi connectivity index (χ1n) is 5.76. The van der Waals surface area contributed by atoms with Gasteiger partial charge in [0, 0.05) is 5.54 Å². The van der Waals surface area contributed by atoms with Crippen molar-refractivity contribution < 1.29 is 8.42 Å². The van der Waals surface area contributed by atoms with Crippen molar-refractivity contribution in [1.29, 1.82) is 5.26 Å². The van der Waals surface area contributed by atoms with Gasteiger partial charge in [0.15, 0.2) is 0 Å². The normalized spacial score (nSPS) is 12.2. The van der Waals surface area contributed by atoms with Gasteiger partial charge in [0.1, 0.15) is 0 Å². The van der Waals surface area contributed by atoms with Crippen molar-refractivity contribution in [2.24, 2.45) is 0 Å². The first-order valence-corrected chi connectivity index (χ1v) is 7.25. The second-order valence-corrected chi connectivity index (χ2v) is 6.61. The summed E-state index contributed by atoms with van der Waals surface area (Å²) in [6, 6.07) is 6.53. The maximum atomic E-state index is 12.2. The van der Waals surface area contributed by atoms with Gasteiger partial charge in [-0.2, -0.15) is 5.26 Å². The fourth-order valence-corrected chi connectivity index (χ4v) is 2.99. The highest BCUT2D eigenvalue weighted by atomic mass is 32.2. The van der Waals surface area contributed by atoms with Gasteiger partial charge in [0.2, 0.25) is 10.0 Å². The molecule has 0 aliphatic heterocycles. The summed E-state index contributed by atoms with van der Waals surface area (Å²) in [5.74, 6) is 0. The van der Waals surface area contributed by atoms with E-state index in [1.54, 1.807) is 6.92 Å². The van der Waals surface area contributed by atoms with Crippen LogP contribution in [0.25, 0.3) is 0 Å². The van der Waals surface area contributed by atoms with E-state index in [0.717, 1.165) is 0 Å². The van der Waals surface area contributed by atoms with E-state index >= 15 is 0 Å². The molecule has 0 fully saturated rings. The van der Waals surface area contributed by atoms with Gasteiger partial charge < -0.3 is 0 Å². The van der Waals surface area contributed by atoms with E-state index in [9.17, 15) is 8.42 Å². The molecule has 0 bridgehead atoms. The van der Waals surface area contributed by atoms with Gasteiger partial charge in [0.25, 0.3) is 0 Å². The lowest BCUT2D eigenvalue weighted by molar-refractivity contribution is 0.439. The van der Waals surface area contributed by atoms with Crippen molar-refractivity contribution in [1.82, 2.24) is 4.72 Å². The van der Waals surface area contributed by atoms with Crippen LogP contribution in [-0.2, 0) is 10.0 Å². The molecule has 4 nitrogen and oxygen atoms in total. The number of hydrogen-bond donors (Lipinski definition) is 1. The number of aryl methyl sites for hydroxylation is 1. The van der Waals surface area contributed by atoms with Gasteiger partial charge in [-0.25, -0.2) is 13.1 Å². The lowest BCUT2D eigenvalue weighted by Crippen LogP contribution is -2.42. The van der Waals surface area contributed by atoms with Crippen LogP contribution in [0.3, 0.4) is 0 Å². The number of nitrogens with one attached hydrogen (secondary N) is 1. The summed E-state index contributed by atoms with van der Waals surface area (Å²) < 4.78 is 27.0. The Morgan fingerprint density at radius 3 is 2.44 bits per heavy atom. The predicted molar refractivity (Wildman–Crippen MR) is 70.6 cm³/mol. The van der Waals surface area contributed by atoms with Gasteiger partial charge in [-0.15, -0.1) is 0 Å². The molecule has 0 unspecified atom stereocenters. The second-order valence-electron chi connectivity index (χ2n) is 4.93. The molecule has 5 heteroatoms. The third-order valence-corrected chi connectivity index (χ3v) is 4.62. The Morgan fingerprint density at radius 1 is 1.39 bits per heavy atom. The van der Waals surface area contributed by atoms with Gasteiger partial charge in [-0.3, -0.25) is 0 Å². The Kier molecular flexibility index (Phi) is 4.15. The van der Waals surface area contributed by atoms with E-state index in [4.69, 9.17) is 5.26 Å². The maximum absolute atomic E-state index is 12.2. The number of benzene rings is 1. The molecule has 1 rings (SSSR count). The molecule has 1 aromatic rings. The predicted octanol–water partition coefficient (Wildman–Crippen LogP) is 2.33. The van der Waals surface area contributed by atoms with E-state index in [-0.39, 0.29) is 4.90 Å². The Bertz CT molecular complexity index is 583. The average Bonchev–Trinajstić information content (AvgIpc) is 2.27. The van der Waals surface area contributed by atoms with Crippen molar-refractivity contribution >= 4 is 10.0 Å². The molecular formula is C13H18N2O2S. The molecule has 0 radical (unpaired) electrons. The third-order valence-electron chi connectivity index (χ3n) is 2.92. The van der Waals surface area contributed by atoms with Gasteiger partial charge in [-0.1, -0.05) is 6.92 Å². The monoisotopic (exact) mass is 266 g/mol. The van der Waals surface area contributed by atoms with Crippen LogP contribution in [0.4, 0.5) is 0 Å². The number of hydrogen-bond acceptors (Lipinski definition) is 3. The molecule has 0 saturated heterocycles. The molecule has 0 amide bonds. The first-order chi connectivity index (χ1) is 8.22. The Hall–Kier alpha value is -1.38. The minimum atomic E-state index is -3.54. The number of sulfonamides is 1. The molecule has 1 aromatic carbocycles. The van der Waals surface area contributed by atoms with Crippen molar-refractivity contribution in [2.45, 2.75) is 44.6 Å². The summed E-state index contributed by atoms with van der Waals surface area (Å²) in [7, 11) is -3.54. The van der Waals surface area contributed by atoms with Crippen LogP contribution < -0.4 is 4.72 Å². The summed E-state index contributed by atoms with van der Waals surface area (Å²) in [5.41, 5.74) is 0.666. The molecule has 1 N–H and O–H groups in total. The summed E-state index contributed by atoms with van der Waals surface area (Å²) in [6.45, 7) is 7.32. The van der Waals surface area contributed by atoms with E-state index in [1.165, 1.54) is 18.2 Å². The Morgan fingerprint density at radius 2 is 2.00 bits per heavy atom. The number of nitrogens with zero attached hydrogens (tertiary/aromatic N) is 1. The van der Waals surface area contributed by atoms with E-state index in [2.05, 4.69) is 4.72 Å². The fourth-order valence-electron chi connectivity index (χ4n) is 1.42.